The minimum atomic E-state index is -1.22. The third-order valence-corrected chi connectivity index (χ3v) is 12.4. The number of carbonyl (C=O) groups is 4. The Kier molecular flexibility index (Phi) is 16.1. The van der Waals surface area contributed by atoms with Crippen molar-refractivity contribution in [2.75, 3.05) is 26.7 Å². The number of amides is 5. The van der Waals surface area contributed by atoms with Crippen LogP contribution in [0.15, 0.2) is 95.6 Å². The zero-order valence-electron chi connectivity index (χ0n) is 37.9. The van der Waals surface area contributed by atoms with Crippen molar-refractivity contribution in [2.45, 2.75) is 98.1 Å². The number of methoxy groups -OCH3 is 1. The summed E-state index contributed by atoms with van der Waals surface area (Å²) in [6.07, 6.45) is 1.28. The van der Waals surface area contributed by atoms with Crippen LogP contribution in [0.2, 0.25) is 0 Å². The number of alkyl carbamates (subject to hydrolysis) is 1. The van der Waals surface area contributed by atoms with Crippen LogP contribution in [0.3, 0.4) is 0 Å². The second kappa shape index (κ2) is 21.8. The molecule has 15 nitrogen and oxygen atoms in total. The first-order chi connectivity index (χ1) is 30.8. The number of hydrogen-bond donors (Lipinski definition) is 4. The van der Waals surface area contributed by atoms with E-state index in [2.05, 4.69) is 26.2 Å². The summed E-state index contributed by atoms with van der Waals surface area (Å²) in [5.74, 6) is -0.621. The van der Waals surface area contributed by atoms with Gasteiger partial charge in [-0.15, -0.1) is 0 Å². The van der Waals surface area contributed by atoms with Gasteiger partial charge in [0.2, 0.25) is 5.91 Å². The van der Waals surface area contributed by atoms with Crippen molar-refractivity contribution in [3.05, 3.63) is 119 Å². The van der Waals surface area contributed by atoms with Gasteiger partial charge in [-0.05, 0) is 66.5 Å². The number of aromatic nitrogens is 2. The number of aryl methyl sites for hydroxylation is 2. The number of rotatable bonds is 20. The lowest BCUT2D eigenvalue weighted by atomic mass is 9.95. The van der Waals surface area contributed by atoms with E-state index in [9.17, 15) is 24.3 Å². The van der Waals surface area contributed by atoms with Gasteiger partial charge in [0.15, 0.2) is 0 Å². The van der Waals surface area contributed by atoms with Crippen LogP contribution in [-0.4, -0.2) is 105 Å². The largest absolute Gasteiger partial charge is 0.453 e. The van der Waals surface area contributed by atoms with Crippen LogP contribution >= 0.6 is 0 Å². The van der Waals surface area contributed by atoms with Gasteiger partial charge in [-0.2, -0.15) is 0 Å². The summed E-state index contributed by atoms with van der Waals surface area (Å²) in [5, 5.41) is 24.8. The lowest BCUT2D eigenvalue weighted by Gasteiger charge is -2.35. The van der Waals surface area contributed by atoms with E-state index in [4.69, 9.17) is 9.26 Å². The minimum Gasteiger partial charge on any atom is -0.453 e. The smallest absolute Gasteiger partial charge is 0.407 e. The van der Waals surface area contributed by atoms with Gasteiger partial charge in [-0.3, -0.25) is 20.0 Å². The van der Waals surface area contributed by atoms with Gasteiger partial charge < -0.3 is 34.8 Å². The standard InChI is InChI=1S/C49H62N8O7/c1-8-31(3)44(52-48(61)63-7)46(59)53-56(28-36-19-21-37(22-20-36)43-33(5)54-64-34(43)6)30-42(58)41(27-35-15-11-10-12-16-35)51-47(60)45(32(4)9-2)57-26-25-55(49(57)62)29-38-23-24-50-40-18-14-13-17-39(38)40/h10-24,31-32,41-42,44-45,58H,8-9,25-30H2,1-7H3,(H,51,60)(H,52,61)(H,53,59). The van der Waals surface area contributed by atoms with Gasteiger partial charge in [0.05, 0.1) is 30.5 Å². The molecule has 1 fully saturated rings. The monoisotopic (exact) mass is 874 g/mol. The number of fused-ring (bicyclic) bond motifs is 1. The molecule has 3 aromatic carbocycles. The summed E-state index contributed by atoms with van der Waals surface area (Å²) in [5.41, 5.74) is 9.08. The Bertz CT molecular complexity index is 2330. The van der Waals surface area contributed by atoms with Crippen molar-refractivity contribution in [3.8, 4) is 11.1 Å². The van der Waals surface area contributed by atoms with Gasteiger partial charge in [-0.1, -0.05) is 118 Å². The third kappa shape index (κ3) is 11.4. The quantitative estimate of drug-likeness (QED) is 0.0626. The summed E-state index contributed by atoms with van der Waals surface area (Å²) in [6.45, 7) is 12.7. The normalized spacial score (nSPS) is 15.7. The Morgan fingerprint density at radius 1 is 0.875 bits per heavy atom. The molecule has 1 saturated heterocycles. The summed E-state index contributed by atoms with van der Waals surface area (Å²) in [6, 6.07) is 24.2. The number of urea groups is 1. The molecule has 0 bridgehead atoms. The molecule has 0 saturated carbocycles. The number of nitrogens with one attached hydrogen (secondary N) is 3. The first-order valence-electron chi connectivity index (χ1n) is 22.1. The van der Waals surface area contributed by atoms with E-state index in [1.54, 1.807) is 21.0 Å². The SMILES string of the molecule is CCC(C)C(NC(=O)OC)C(=O)NN(Cc1ccc(-c2c(C)noc2C)cc1)CC(O)C(Cc1ccccc1)NC(=O)C(C(C)CC)N1CCN(Cc2ccnc3ccccc23)C1=O. The number of ether oxygens (including phenoxy) is 1. The van der Waals surface area contributed by atoms with E-state index >= 15 is 0 Å². The van der Waals surface area contributed by atoms with Gasteiger partial charge >= 0.3 is 12.1 Å². The summed E-state index contributed by atoms with van der Waals surface area (Å²) in [7, 11) is 1.24. The van der Waals surface area contributed by atoms with E-state index in [-0.39, 0.29) is 43.3 Å². The fourth-order valence-corrected chi connectivity index (χ4v) is 8.36. The van der Waals surface area contributed by atoms with Crippen molar-refractivity contribution in [1.82, 2.24) is 41.0 Å². The molecule has 5 aromatic rings. The number of benzene rings is 3. The highest BCUT2D eigenvalue weighted by atomic mass is 16.5. The number of carbonyl (C=O) groups excluding carboxylic acids is 4. The van der Waals surface area contributed by atoms with Gasteiger partial charge in [0.25, 0.3) is 5.91 Å². The molecule has 340 valence electrons. The number of para-hydroxylation sites is 1. The topological polar surface area (TPSA) is 182 Å². The second-order valence-corrected chi connectivity index (χ2v) is 16.8. The highest BCUT2D eigenvalue weighted by Crippen LogP contribution is 2.28. The van der Waals surface area contributed by atoms with E-state index in [1.165, 1.54) is 7.11 Å². The van der Waals surface area contributed by atoms with Crippen LogP contribution < -0.4 is 16.1 Å². The molecule has 1 aliphatic heterocycles. The molecule has 2 aromatic heterocycles. The number of hydrazine groups is 1. The first-order valence-corrected chi connectivity index (χ1v) is 22.1. The molecule has 0 radical (unpaired) electrons. The van der Waals surface area contributed by atoms with Crippen LogP contribution in [-0.2, 0) is 33.8 Å². The Labute approximate surface area is 375 Å². The molecule has 1 aliphatic rings. The van der Waals surface area contributed by atoms with Crippen LogP contribution in [0.1, 0.15) is 68.7 Å². The zero-order chi connectivity index (χ0) is 45.9. The Hall–Kier alpha value is -6.32. The maximum Gasteiger partial charge on any atom is 0.407 e. The number of aliphatic hydroxyl groups is 1. The number of pyridine rings is 1. The molecule has 0 aliphatic carbocycles. The van der Waals surface area contributed by atoms with Crippen LogP contribution in [0.4, 0.5) is 9.59 Å². The fourth-order valence-electron chi connectivity index (χ4n) is 8.36. The zero-order valence-corrected chi connectivity index (χ0v) is 37.9. The van der Waals surface area contributed by atoms with Crippen molar-refractivity contribution >= 4 is 34.8 Å². The average molecular weight is 875 g/mol. The van der Waals surface area contributed by atoms with E-state index in [1.807, 2.05) is 126 Å². The molecule has 3 heterocycles. The molecule has 6 unspecified atom stereocenters. The van der Waals surface area contributed by atoms with Crippen molar-refractivity contribution in [3.63, 3.8) is 0 Å². The summed E-state index contributed by atoms with van der Waals surface area (Å²) < 4.78 is 10.2. The maximum atomic E-state index is 14.7. The Morgan fingerprint density at radius 3 is 2.25 bits per heavy atom. The lowest BCUT2D eigenvalue weighted by Crippen LogP contribution is -2.59. The first kappa shape index (κ1) is 47.2. The molecule has 6 atom stereocenters. The Morgan fingerprint density at radius 2 is 1.58 bits per heavy atom. The Balaban J connectivity index is 1.26. The number of aliphatic hydroxyl groups excluding tert-OH is 1. The van der Waals surface area contributed by atoms with Gasteiger partial charge in [0, 0.05) is 49.9 Å². The molecule has 4 N–H and O–H groups in total. The second-order valence-electron chi connectivity index (χ2n) is 16.8. The molecular formula is C49H62N8O7. The highest BCUT2D eigenvalue weighted by Gasteiger charge is 2.41. The third-order valence-electron chi connectivity index (χ3n) is 12.4. The minimum absolute atomic E-state index is 0.106. The summed E-state index contributed by atoms with van der Waals surface area (Å²) in [4.78, 5) is 63.2. The van der Waals surface area contributed by atoms with Crippen LogP contribution in [0.5, 0.6) is 0 Å². The van der Waals surface area contributed by atoms with E-state index < -0.39 is 36.2 Å². The molecule has 0 spiro atoms. The van der Waals surface area contributed by atoms with Gasteiger partial charge in [0.1, 0.15) is 17.8 Å². The molecule has 5 amide bonds. The van der Waals surface area contributed by atoms with Crippen LogP contribution in [0.25, 0.3) is 22.0 Å². The van der Waals surface area contributed by atoms with Crippen molar-refractivity contribution in [2.24, 2.45) is 11.8 Å². The fraction of sp³-hybridized carbons (Fsp3) is 0.429. The highest BCUT2D eigenvalue weighted by molar-refractivity contribution is 5.89. The number of hydrogen-bond acceptors (Lipinski definition) is 10. The summed E-state index contributed by atoms with van der Waals surface area (Å²) >= 11 is 0. The van der Waals surface area contributed by atoms with Crippen molar-refractivity contribution < 1.29 is 33.5 Å². The number of nitrogens with zero attached hydrogens (tertiary/aromatic N) is 5. The maximum absolute atomic E-state index is 14.7. The predicted octanol–water partition coefficient (Wildman–Crippen LogP) is 6.55. The molecular weight excluding hydrogens is 813 g/mol. The molecule has 64 heavy (non-hydrogen) atoms. The van der Waals surface area contributed by atoms with E-state index in [0.29, 0.717) is 38.2 Å². The lowest BCUT2D eigenvalue weighted by molar-refractivity contribution is -0.132. The van der Waals surface area contributed by atoms with Crippen molar-refractivity contribution in [1.29, 1.82) is 0 Å². The van der Waals surface area contributed by atoms with E-state index in [0.717, 1.165) is 44.4 Å². The predicted molar refractivity (Wildman–Crippen MR) is 244 cm³/mol. The average Bonchev–Trinajstić information content (AvgIpc) is 3.83. The molecule has 15 heteroatoms. The molecule has 6 rings (SSSR count). The van der Waals surface area contributed by atoms with Crippen LogP contribution in [0, 0.1) is 25.7 Å². The van der Waals surface area contributed by atoms with Gasteiger partial charge in [-0.25, -0.2) is 14.6 Å².